The predicted octanol–water partition coefficient (Wildman–Crippen LogP) is 39.5. The Morgan fingerprint density at radius 1 is 0.149 bits per heavy atom. The first-order valence-corrected chi connectivity index (χ1v) is 51.4. The molecule has 148 heavy (non-hydrogen) atoms. The fraction of sp³-hybridized carbons (Fsp3) is 0.0141. The molecule has 0 saturated heterocycles. The number of furan rings is 3. The molecular formula is C142H94N2O3S. The molecule has 0 N–H and O–H groups in total. The summed E-state index contributed by atoms with van der Waals surface area (Å²) < 4.78 is 21.3. The van der Waals surface area contributed by atoms with Crippen LogP contribution in [0.15, 0.2) is 583 Å². The number of nitrogens with zero attached hydrogens (tertiary/aromatic N) is 2. The van der Waals surface area contributed by atoms with Crippen LogP contribution in [-0.4, -0.2) is 0 Å². The Morgan fingerprint density at radius 3 is 0.804 bits per heavy atom. The third-order valence-electron chi connectivity index (χ3n) is 30.1. The summed E-state index contributed by atoms with van der Waals surface area (Å²) >= 11 is 1.87. The highest BCUT2D eigenvalue weighted by atomic mass is 32.1. The normalized spacial score (nSPS) is 11.8. The maximum Gasteiger partial charge on any atom is 0.135 e. The van der Waals surface area contributed by atoms with Crippen LogP contribution < -0.4 is 9.80 Å². The summed E-state index contributed by atoms with van der Waals surface area (Å²) in [5, 5.41) is 14.0. The lowest BCUT2D eigenvalue weighted by molar-refractivity contribution is 0.668. The summed E-state index contributed by atoms with van der Waals surface area (Å²) in [5.74, 6) is 0. The van der Waals surface area contributed by atoms with Gasteiger partial charge in [0.25, 0.3) is 0 Å². The lowest BCUT2D eigenvalue weighted by Gasteiger charge is -2.37. The summed E-state index contributed by atoms with van der Waals surface area (Å²) in [6.45, 7) is 0. The van der Waals surface area contributed by atoms with Gasteiger partial charge >= 0.3 is 0 Å². The van der Waals surface area contributed by atoms with Crippen LogP contribution in [-0.2, 0) is 10.8 Å². The quantitative estimate of drug-likeness (QED) is 0.0712. The third-order valence-corrected chi connectivity index (χ3v) is 31.3. The van der Waals surface area contributed by atoms with E-state index >= 15 is 0 Å². The zero-order valence-electron chi connectivity index (χ0n) is 80.8. The van der Waals surface area contributed by atoms with Crippen molar-refractivity contribution in [2.45, 2.75) is 10.8 Å². The van der Waals surface area contributed by atoms with Crippen LogP contribution in [0.4, 0.5) is 34.1 Å². The maximum absolute atomic E-state index is 6.25. The van der Waals surface area contributed by atoms with E-state index in [2.05, 4.69) is 544 Å². The standard InChI is InChI=1S/C71H47NO2.C71H47NOS/c1-4-16-53(17-5-1)71(54-18-6-2-7-19-54,55-20-8-3-9-21-55)56-36-28-50(29-37-56)59-42-43-66(61-23-11-10-22-60(59)61)72(57-38-30-48(31-39-57)51-34-44-69-64(46-51)62-24-12-14-26-67(62)73-69)58-40-32-49(33-41-58)52-35-45-70-65(47-52)63-25-13-15-27-68(63)74-70;1-4-19-52(20-5-1)71(53-21-6-2-7-22-53,54-23-8-3-9-24-54)55-39-34-48(35-40-55)58-43-44-66(61-27-11-10-26-60(58)61)72(56-41-36-49(37-42-56)59-30-17-31-64-63-29-13-15-33-69(63)74-70(59)64)57-25-16-18-50(46-57)51-38-45-68-65(47-51)62-28-12-14-32-67(62)73-68/h2*1-47H. The molecule has 0 unspecified atom stereocenters. The first-order chi connectivity index (χ1) is 73.4. The zero-order chi connectivity index (χ0) is 98.0. The van der Waals surface area contributed by atoms with Gasteiger partial charge in [-0.1, -0.05) is 449 Å². The van der Waals surface area contributed by atoms with Crippen molar-refractivity contribution in [3.63, 3.8) is 0 Å². The van der Waals surface area contributed by atoms with Gasteiger partial charge in [-0.2, -0.15) is 0 Å². The highest BCUT2D eigenvalue weighted by molar-refractivity contribution is 7.26. The van der Waals surface area contributed by atoms with Crippen molar-refractivity contribution < 1.29 is 13.3 Å². The summed E-state index contributed by atoms with van der Waals surface area (Å²) in [7, 11) is 0. The fourth-order valence-corrected chi connectivity index (χ4v) is 24.4. The van der Waals surface area contributed by atoms with Crippen molar-refractivity contribution >= 4 is 153 Å². The van der Waals surface area contributed by atoms with Crippen LogP contribution in [0.3, 0.4) is 0 Å². The van der Waals surface area contributed by atoms with Gasteiger partial charge in [0.2, 0.25) is 0 Å². The fourth-order valence-electron chi connectivity index (χ4n) is 23.2. The number of thiophene rings is 1. The van der Waals surface area contributed by atoms with E-state index in [0.717, 1.165) is 155 Å². The largest absolute Gasteiger partial charge is 0.456 e. The molecule has 0 spiro atoms. The lowest BCUT2D eigenvalue weighted by Crippen LogP contribution is -2.30. The maximum atomic E-state index is 6.25. The second kappa shape index (κ2) is 37.4. The van der Waals surface area contributed by atoms with Crippen molar-refractivity contribution in [1.29, 1.82) is 0 Å². The number of hydrogen-bond acceptors (Lipinski definition) is 6. The number of anilines is 6. The van der Waals surface area contributed by atoms with E-state index in [4.69, 9.17) is 13.3 Å². The van der Waals surface area contributed by atoms with E-state index in [1.54, 1.807) is 0 Å². The molecule has 28 rings (SSSR count). The molecular weight excluding hydrogens is 1810 g/mol. The van der Waals surface area contributed by atoms with Crippen molar-refractivity contribution in [2.24, 2.45) is 0 Å². The van der Waals surface area contributed by atoms with Gasteiger partial charge in [0.15, 0.2) is 0 Å². The lowest BCUT2D eigenvalue weighted by atomic mass is 9.65. The van der Waals surface area contributed by atoms with Crippen molar-refractivity contribution in [1.82, 2.24) is 0 Å². The van der Waals surface area contributed by atoms with Crippen LogP contribution in [0, 0.1) is 0 Å². The molecule has 4 heterocycles. The molecule has 0 radical (unpaired) electrons. The van der Waals surface area contributed by atoms with Crippen molar-refractivity contribution in [3.05, 3.63) is 615 Å². The van der Waals surface area contributed by atoms with Gasteiger partial charge in [-0.05, 0) is 243 Å². The van der Waals surface area contributed by atoms with Crippen LogP contribution in [0.25, 0.3) is 174 Å². The number of rotatable bonds is 20. The van der Waals surface area contributed by atoms with E-state index < -0.39 is 10.8 Å². The predicted molar refractivity (Wildman–Crippen MR) is 621 cm³/mol. The molecule has 0 aliphatic rings. The Bertz CT molecular complexity index is 9460. The van der Waals surface area contributed by atoms with Crippen LogP contribution in [0.1, 0.15) is 44.5 Å². The van der Waals surface area contributed by atoms with Gasteiger partial charge in [0.05, 0.1) is 22.2 Å². The Balaban J connectivity index is 0.000000146. The van der Waals surface area contributed by atoms with Crippen LogP contribution in [0.5, 0.6) is 0 Å². The van der Waals surface area contributed by atoms with Gasteiger partial charge < -0.3 is 23.1 Å². The summed E-state index contributed by atoms with van der Waals surface area (Å²) in [6, 6.07) is 207. The van der Waals surface area contributed by atoms with E-state index in [9.17, 15) is 0 Å². The molecule has 5 nitrogen and oxygen atoms in total. The van der Waals surface area contributed by atoms with E-state index in [1.807, 2.05) is 47.7 Å². The second-order valence-electron chi connectivity index (χ2n) is 38.3. The molecule has 0 aliphatic heterocycles. The van der Waals surface area contributed by atoms with Crippen LogP contribution >= 0.6 is 11.3 Å². The number of fused-ring (bicyclic) bond motifs is 14. The Kier molecular flexibility index (Phi) is 22.2. The van der Waals surface area contributed by atoms with E-state index in [0.29, 0.717) is 0 Å². The first kappa shape index (κ1) is 88.0. The topological polar surface area (TPSA) is 45.9 Å². The molecule has 4 aromatic heterocycles. The van der Waals surface area contributed by atoms with Gasteiger partial charge in [0.1, 0.15) is 33.5 Å². The van der Waals surface area contributed by atoms with Gasteiger partial charge in [-0.15, -0.1) is 11.3 Å². The van der Waals surface area contributed by atoms with E-state index in [1.165, 1.54) is 97.7 Å². The highest BCUT2D eigenvalue weighted by Crippen LogP contribution is 2.53. The highest BCUT2D eigenvalue weighted by Gasteiger charge is 2.40. The molecule has 0 aliphatic carbocycles. The van der Waals surface area contributed by atoms with Gasteiger partial charge in [-0.25, -0.2) is 0 Å². The second-order valence-corrected chi connectivity index (χ2v) is 39.3. The minimum Gasteiger partial charge on any atom is -0.456 e. The summed E-state index contributed by atoms with van der Waals surface area (Å²) in [6.07, 6.45) is 0. The molecule has 6 heteroatoms. The third kappa shape index (κ3) is 15.4. The Hall–Kier alpha value is -19.0. The molecule has 28 aromatic rings. The SMILES string of the molecule is c1ccc(C(c2ccccc2)(c2ccccc2)c2ccc(-c3ccc(N(c4ccc(-c5ccc6oc7ccccc7c6c5)cc4)c4ccc(-c5ccc6oc7ccccc7c6c5)cc4)c4ccccc34)cc2)cc1.c1ccc(C(c2ccccc2)(c2ccccc2)c2ccc(-c3ccc(N(c4ccc(-c5cccc6c5sc5ccccc56)cc4)c4cccc(-c5ccc6oc7ccccc7c6c5)c4)c4ccccc34)cc2)cc1. The molecule has 0 bridgehead atoms. The molecule has 0 atom stereocenters. The molecule has 696 valence electrons. The summed E-state index contributed by atoms with van der Waals surface area (Å²) in [5.41, 5.74) is 34.5. The van der Waals surface area contributed by atoms with E-state index in [-0.39, 0.29) is 0 Å². The molecule has 0 fully saturated rings. The smallest absolute Gasteiger partial charge is 0.135 e. The van der Waals surface area contributed by atoms with Crippen LogP contribution in [0.2, 0.25) is 0 Å². The van der Waals surface area contributed by atoms with Gasteiger partial charge in [-0.3, -0.25) is 0 Å². The number of hydrogen-bond donors (Lipinski definition) is 0. The van der Waals surface area contributed by atoms with Crippen molar-refractivity contribution in [3.8, 4) is 66.8 Å². The average molecular weight is 1910 g/mol. The molecule has 0 amide bonds. The minimum absolute atomic E-state index is 0.527. The number of para-hydroxylation sites is 3. The van der Waals surface area contributed by atoms with Gasteiger partial charge in [0, 0.05) is 86.0 Å². The number of benzene rings is 24. The molecule has 24 aromatic carbocycles. The Morgan fingerprint density at radius 2 is 0.419 bits per heavy atom. The zero-order valence-corrected chi connectivity index (χ0v) is 81.6. The summed E-state index contributed by atoms with van der Waals surface area (Å²) in [4.78, 5) is 4.83. The monoisotopic (exact) mass is 1910 g/mol. The molecule has 0 saturated carbocycles. The minimum atomic E-state index is -0.527. The van der Waals surface area contributed by atoms with Crippen molar-refractivity contribution in [2.75, 3.05) is 9.80 Å². The first-order valence-electron chi connectivity index (χ1n) is 50.6. The Labute approximate surface area is 861 Å². The average Bonchev–Trinajstić information content (AvgIpc) is 1.08.